The van der Waals surface area contributed by atoms with Crippen LogP contribution in [0.5, 0.6) is 0 Å². The predicted octanol–water partition coefficient (Wildman–Crippen LogP) is 5.16. The van der Waals surface area contributed by atoms with E-state index in [2.05, 4.69) is 4.98 Å². The van der Waals surface area contributed by atoms with Crippen molar-refractivity contribution in [2.24, 2.45) is 0 Å². The lowest BCUT2D eigenvalue weighted by atomic mass is 10.0. The van der Waals surface area contributed by atoms with Gasteiger partial charge >= 0.3 is 0 Å². The number of carbonyl (C=O) groups excluding carboxylic acids is 1. The molecule has 0 spiro atoms. The summed E-state index contributed by atoms with van der Waals surface area (Å²) < 4.78 is 14.0. The van der Waals surface area contributed by atoms with Gasteiger partial charge in [-0.05, 0) is 41.8 Å². The van der Waals surface area contributed by atoms with E-state index in [4.69, 9.17) is 0 Å². The molecule has 1 aliphatic rings. The molecule has 0 saturated carbocycles. The summed E-state index contributed by atoms with van der Waals surface area (Å²) in [5, 5.41) is 12.2. The number of benzene rings is 3. The van der Waals surface area contributed by atoms with Gasteiger partial charge < -0.3 is 14.8 Å². The molecule has 1 fully saturated rings. The number of H-pyrrole nitrogens is 1. The van der Waals surface area contributed by atoms with Crippen molar-refractivity contribution in [1.82, 2.24) is 9.88 Å². The number of rotatable bonds is 6. The lowest BCUT2D eigenvalue weighted by Gasteiger charge is -2.35. The number of nitrogens with zero attached hydrogens (tertiary/aromatic N) is 3. The second-order valence-electron chi connectivity index (χ2n) is 8.65. The zero-order valence-electron chi connectivity index (χ0n) is 19.1. The van der Waals surface area contributed by atoms with Crippen LogP contribution >= 0.6 is 0 Å². The topological polar surface area (TPSA) is 82.5 Å². The molecular weight excluding hydrogens is 447 g/mol. The highest BCUT2D eigenvalue weighted by atomic mass is 19.1. The molecule has 0 aliphatic carbocycles. The van der Waals surface area contributed by atoms with Crippen molar-refractivity contribution in [3.63, 3.8) is 0 Å². The van der Waals surface area contributed by atoms with Gasteiger partial charge in [0, 0.05) is 55.3 Å². The van der Waals surface area contributed by atoms with Gasteiger partial charge in [-0.25, -0.2) is 4.39 Å². The molecule has 2 heterocycles. The molecule has 8 heteroatoms. The monoisotopic (exact) mass is 472 g/mol. The van der Waals surface area contributed by atoms with E-state index >= 15 is 0 Å². The van der Waals surface area contributed by atoms with Gasteiger partial charge in [0.2, 0.25) is 5.91 Å². The molecule has 0 radical (unpaired) electrons. The molecular formula is C27H25FN4O3. The summed E-state index contributed by atoms with van der Waals surface area (Å²) in [4.78, 5) is 31.2. The van der Waals surface area contributed by atoms with E-state index in [9.17, 15) is 19.3 Å². The highest BCUT2D eigenvalue weighted by Crippen LogP contribution is 2.32. The average molecular weight is 473 g/mol. The second-order valence-corrected chi connectivity index (χ2v) is 8.65. The van der Waals surface area contributed by atoms with Crippen LogP contribution in [0.25, 0.3) is 22.2 Å². The number of aromatic amines is 1. The first kappa shape index (κ1) is 22.6. The number of halogens is 1. The normalized spacial score (nSPS) is 13.9. The summed E-state index contributed by atoms with van der Waals surface area (Å²) in [6.45, 7) is 2.06. The minimum atomic E-state index is -0.374. The van der Waals surface area contributed by atoms with E-state index in [0.717, 1.165) is 27.7 Å². The molecule has 1 amide bonds. The fourth-order valence-corrected chi connectivity index (χ4v) is 4.80. The molecule has 35 heavy (non-hydrogen) atoms. The van der Waals surface area contributed by atoms with Crippen LogP contribution in [-0.2, 0) is 11.2 Å². The number of nitrogens with one attached hydrogen (secondary N) is 1. The molecule has 1 aromatic heterocycles. The third-order valence-corrected chi connectivity index (χ3v) is 6.57. The summed E-state index contributed by atoms with van der Waals surface area (Å²) in [7, 11) is 0. The summed E-state index contributed by atoms with van der Waals surface area (Å²) in [6.07, 6.45) is 0.783. The average Bonchev–Trinajstić information content (AvgIpc) is 3.25. The van der Waals surface area contributed by atoms with E-state index in [-0.39, 0.29) is 22.3 Å². The number of hydrogen-bond acceptors (Lipinski definition) is 4. The van der Waals surface area contributed by atoms with E-state index in [1.165, 1.54) is 18.2 Å². The smallest absolute Gasteiger partial charge is 0.292 e. The maximum atomic E-state index is 14.0. The van der Waals surface area contributed by atoms with Crippen LogP contribution in [0.15, 0.2) is 72.8 Å². The Balaban J connectivity index is 1.30. The number of piperazine rings is 1. The highest BCUT2D eigenvalue weighted by molar-refractivity contribution is 5.91. The Morgan fingerprint density at radius 3 is 2.43 bits per heavy atom. The Kier molecular flexibility index (Phi) is 6.18. The van der Waals surface area contributed by atoms with Crippen LogP contribution in [-0.4, -0.2) is 46.9 Å². The van der Waals surface area contributed by atoms with Crippen LogP contribution in [0.4, 0.5) is 15.8 Å². The summed E-state index contributed by atoms with van der Waals surface area (Å²) in [6, 6.07) is 21.2. The van der Waals surface area contributed by atoms with Crippen LogP contribution < -0.4 is 4.90 Å². The molecule has 7 nitrogen and oxygen atoms in total. The molecule has 1 N–H and O–H groups in total. The number of nitro groups is 1. The number of nitro benzene ring substituents is 1. The largest absolute Gasteiger partial charge is 0.362 e. The van der Waals surface area contributed by atoms with E-state index in [1.807, 2.05) is 40.1 Å². The van der Waals surface area contributed by atoms with Crippen molar-refractivity contribution >= 4 is 28.2 Å². The van der Waals surface area contributed by atoms with Gasteiger partial charge in [-0.2, -0.15) is 0 Å². The predicted molar refractivity (Wildman–Crippen MR) is 134 cm³/mol. The summed E-state index contributed by atoms with van der Waals surface area (Å²) in [5.41, 5.74) is 4.32. The molecule has 5 rings (SSSR count). The Morgan fingerprint density at radius 1 is 0.971 bits per heavy atom. The number of para-hydroxylation sites is 2. The van der Waals surface area contributed by atoms with Crippen molar-refractivity contribution in [2.45, 2.75) is 12.8 Å². The van der Waals surface area contributed by atoms with Crippen LogP contribution in [0.1, 0.15) is 12.0 Å². The molecule has 4 aromatic rings. The minimum absolute atomic E-state index is 0.0250. The second kappa shape index (κ2) is 9.58. The van der Waals surface area contributed by atoms with Gasteiger partial charge in [0.25, 0.3) is 5.69 Å². The van der Waals surface area contributed by atoms with Crippen molar-refractivity contribution in [1.29, 1.82) is 0 Å². The Labute approximate surface area is 201 Å². The first-order valence-corrected chi connectivity index (χ1v) is 11.6. The van der Waals surface area contributed by atoms with Gasteiger partial charge in [-0.1, -0.05) is 42.5 Å². The van der Waals surface area contributed by atoms with Crippen LogP contribution in [0.2, 0.25) is 0 Å². The van der Waals surface area contributed by atoms with Crippen LogP contribution in [0, 0.1) is 15.9 Å². The molecule has 178 valence electrons. The molecule has 0 unspecified atom stereocenters. The lowest BCUT2D eigenvalue weighted by molar-refractivity contribution is -0.384. The molecule has 0 bridgehead atoms. The Bertz CT molecular complexity index is 1380. The van der Waals surface area contributed by atoms with Crippen molar-refractivity contribution in [3.8, 4) is 11.3 Å². The van der Waals surface area contributed by atoms with Gasteiger partial charge in [0.15, 0.2) is 0 Å². The van der Waals surface area contributed by atoms with Crippen molar-refractivity contribution in [3.05, 3.63) is 94.3 Å². The van der Waals surface area contributed by atoms with Gasteiger partial charge in [-0.15, -0.1) is 0 Å². The quantitative estimate of drug-likeness (QED) is 0.310. The number of aromatic nitrogens is 1. The Hall–Kier alpha value is -4.20. The number of fused-ring (bicyclic) bond motifs is 1. The molecule has 1 aliphatic heterocycles. The van der Waals surface area contributed by atoms with Crippen molar-refractivity contribution in [2.75, 3.05) is 31.1 Å². The lowest BCUT2D eigenvalue weighted by Crippen LogP contribution is -2.49. The van der Waals surface area contributed by atoms with Gasteiger partial charge in [-0.3, -0.25) is 14.9 Å². The highest BCUT2D eigenvalue weighted by Gasteiger charge is 2.26. The maximum absolute atomic E-state index is 14.0. The molecule has 1 saturated heterocycles. The van der Waals surface area contributed by atoms with Gasteiger partial charge in [0.1, 0.15) is 11.5 Å². The first-order chi connectivity index (χ1) is 17.0. The van der Waals surface area contributed by atoms with Crippen molar-refractivity contribution < 1.29 is 14.1 Å². The SMILES string of the molecule is O=C(CCc1c(-c2ccccc2)[nH]c2ccc(F)cc12)N1CCN(c2ccccc2[N+](=O)[O-])CC1. The van der Waals surface area contributed by atoms with Gasteiger partial charge in [0.05, 0.1) is 4.92 Å². The fourth-order valence-electron chi connectivity index (χ4n) is 4.80. The standard InChI is InChI=1S/C27H25FN4O3/c28-20-10-12-23-22(18-20)21(27(29-23)19-6-2-1-3-7-19)11-13-26(33)31-16-14-30(15-17-31)24-8-4-5-9-25(24)32(34)35/h1-10,12,18,29H,11,13-17H2. The summed E-state index contributed by atoms with van der Waals surface area (Å²) >= 11 is 0. The Morgan fingerprint density at radius 2 is 1.69 bits per heavy atom. The van der Waals surface area contributed by atoms with E-state index < -0.39 is 0 Å². The number of carbonyl (C=O) groups is 1. The first-order valence-electron chi connectivity index (χ1n) is 11.6. The maximum Gasteiger partial charge on any atom is 0.292 e. The van der Waals surface area contributed by atoms with Crippen LogP contribution in [0.3, 0.4) is 0 Å². The molecule has 0 atom stereocenters. The minimum Gasteiger partial charge on any atom is -0.362 e. The summed E-state index contributed by atoms with van der Waals surface area (Å²) in [5.74, 6) is -0.285. The fraction of sp³-hybridized carbons (Fsp3) is 0.222. The number of hydrogen-bond donors (Lipinski definition) is 1. The van der Waals surface area contributed by atoms with E-state index in [1.54, 1.807) is 24.3 Å². The third kappa shape index (κ3) is 4.59. The van der Waals surface area contributed by atoms with E-state index in [0.29, 0.717) is 44.7 Å². The zero-order chi connectivity index (χ0) is 24.4. The number of amides is 1. The zero-order valence-corrected chi connectivity index (χ0v) is 19.1. The third-order valence-electron chi connectivity index (χ3n) is 6.57. The molecule has 3 aromatic carbocycles. The number of anilines is 1. The number of aryl methyl sites for hydroxylation is 1.